The van der Waals surface area contributed by atoms with Gasteiger partial charge in [-0.1, -0.05) is 85.0 Å². The van der Waals surface area contributed by atoms with Gasteiger partial charge in [0.15, 0.2) is 6.10 Å². The zero-order valence-electron chi connectivity index (χ0n) is 18.2. The molecule has 2 N–H and O–H groups in total. The van der Waals surface area contributed by atoms with Gasteiger partial charge in [-0.25, -0.2) is 4.79 Å². The van der Waals surface area contributed by atoms with Crippen LogP contribution in [0.25, 0.3) is 0 Å². The highest BCUT2D eigenvalue weighted by Crippen LogP contribution is 2.25. The maximum Gasteiger partial charge on any atom is 0.333 e. The lowest BCUT2D eigenvalue weighted by atomic mass is 9.91. The number of carboxylic acid groups (broad SMARTS) is 1. The number of benzene rings is 3. The molecule has 0 amide bonds. The van der Waals surface area contributed by atoms with Crippen molar-refractivity contribution in [3.05, 3.63) is 102 Å². The van der Waals surface area contributed by atoms with Gasteiger partial charge in [0.1, 0.15) is 0 Å². The van der Waals surface area contributed by atoms with E-state index in [0.29, 0.717) is 13.0 Å². The fourth-order valence-corrected chi connectivity index (χ4v) is 4.04. The van der Waals surface area contributed by atoms with E-state index in [1.807, 2.05) is 60.7 Å². The van der Waals surface area contributed by atoms with Gasteiger partial charge in [-0.2, -0.15) is 0 Å². The average molecular weight is 448 g/mol. The van der Waals surface area contributed by atoms with E-state index >= 15 is 0 Å². The first-order valence-corrected chi connectivity index (χ1v) is 11.3. The number of anilines is 1. The molecule has 0 radical (unpaired) electrons. The number of aliphatic carboxylic acids is 1. The second-order valence-corrected chi connectivity index (χ2v) is 8.10. The minimum Gasteiger partial charge on any atom is -0.479 e. The molecule has 0 unspecified atom stereocenters. The molecule has 3 aromatic carbocycles. The minimum absolute atomic E-state index is 0.0976. The summed E-state index contributed by atoms with van der Waals surface area (Å²) in [7, 11) is 0. The van der Waals surface area contributed by atoms with Crippen LogP contribution in [0.3, 0.4) is 0 Å². The lowest BCUT2D eigenvalue weighted by Crippen LogP contribution is -2.26. The molecule has 0 aromatic heterocycles. The third-order valence-electron chi connectivity index (χ3n) is 5.37. The average Bonchev–Trinajstić information content (AvgIpc) is 2.81. The molecule has 0 heterocycles. The summed E-state index contributed by atoms with van der Waals surface area (Å²) in [6, 6.07) is 28.4. The van der Waals surface area contributed by atoms with Gasteiger partial charge < -0.3 is 15.2 Å². The summed E-state index contributed by atoms with van der Waals surface area (Å²) in [5.41, 5.74) is 4.33. The van der Waals surface area contributed by atoms with Gasteiger partial charge in [0.05, 0.1) is 4.99 Å². The van der Waals surface area contributed by atoms with Crippen molar-refractivity contribution in [1.82, 2.24) is 0 Å². The maximum atomic E-state index is 11.3. The van der Waals surface area contributed by atoms with E-state index in [-0.39, 0.29) is 5.92 Å². The zero-order valence-corrected chi connectivity index (χ0v) is 19.1. The number of ether oxygens (including phenoxy) is 1. The van der Waals surface area contributed by atoms with Crippen molar-refractivity contribution in [1.29, 1.82) is 0 Å². The number of hydrogen-bond donors (Lipinski definition) is 2. The SMILES string of the molecule is CCO[C@@H](Cc1ccc(CC[C@H](C(=S)Nc2ccccc2)c2ccccc2)cc1)C(=O)O. The Kier molecular flexibility index (Phi) is 8.96. The Labute approximate surface area is 195 Å². The second kappa shape index (κ2) is 12.1. The Morgan fingerprint density at radius 3 is 2.12 bits per heavy atom. The fourth-order valence-electron chi connectivity index (χ4n) is 3.67. The molecular weight excluding hydrogens is 418 g/mol. The van der Waals surface area contributed by atoms with E-state index in [4.69, 9.17) is 17.0 Å². The van der Waals surface area contributed by atoms with Crippen molar-refractivity contribution >= 4 is 28.9 Å². The first-order chi connectivity index (χ1) is 15.6. The first kappa shape index (κ1) is 23.6. The highest BCUT2D eigenvalue weighted by atomic mass is 32.1. The largest absolute Gasteiger partial charge is 0.479 e. The van der Waals surface area contributed by atoms with Crippen LogP contribution in [0.1, 0.15) is 36.0 Å². The molecule has 0 saturated carbocycles. The van der Waals surface area contributed by atoms with Gasteiger partial charge >= 0.3 is 5.97 Å². The number of hydrogen-bond acceptors (Lipinski definition) is 3. The minimum atomic E-state index is -0.930. The molecule has 3 rings (SSSR count). The number of nitrogens with one attached hydrogen (secondary N) is 1. The predicted molar refractivity (Wildman–Crippen MR) is 133 cm³/mol. The first-order valence-electron chi connectivity index (χ1n) is 10.9. The molecule has 0 spiro atoms. The normalized spacial score (nSPS) is 12.7. The molecule has 4 nitrogen and oxygen atoms in total. The molecule has 0 saturated heterocycles. The van der Waals surface area contributed by atoms with Gasteiger partial charge in [0.25, 0.3) is 0 Å². The van der Waals surface area contributed by atoms with Crippen LogP contribution < -0.4 is 5.32 Å². The summed E-state index contributed by atoms with van der Waals surface area (Å²) in [5.74, 6) is -0.832. The van der Waals surface area contributed by atoms with E-state index in [0.717, 1.165) is 29.1 Å². The van der Waals surface area contributed by atoms with Crippen LogP contribution in [0.4, 0.5) is 5.69 Å². The van der Waals surface area contributed by atoms with Crippen LogP contribution in [-0.2, 0) is 22.4 Å². The molecule has 0 bridgehead atoms. The third kappa shape index (κ3) is 7.01. The maximum absolute atomic E-state index is 11.3. The highest BCUT2D eigenvalue weighted by Gasteiger charge is 2.19. The van der Waals surface area contributed by atoms with Crippen molar-refractivity contribution in [2.24, 2.45) is 0 Å². The second-order valence-electron chi connectivity index (χ2n) is 7.66. The molecule has 0 fully saturated rings. The Balaban J connectivity index is 1.66. The lowest BCUT2D eigenvalue weighted by Gasteiger charge is -2.20. The molecule has 0 aliphatic carbocycles. The van der Waals surface area contributed by atoms with E-state index in [2.05, 4.69) is 29.6 Å². The van der Waals surface area contributed by atoms with Crippen molar-refractivity contribution in [3.8, 4) is 0 Å². The van der Waals surface area contributed by atoms with E-state index in [1.165, 1.54) is 11.1 Å². The number of carboxylic acids is 1. The van der Waals surface area contributed by atoms with Crippen LogP contribution in [0.5, 0.6) is 0 Å². The van der Waals surface area contributed by atoms with Crippen LogP contribution >= 0.6 is 12.2 Å². The molecule has 3 aromatic rings. The third-order valence-corrected chi connectivity index (χ3v) is 5.76. The van der Waals surface area contributed by atoms with Crippen LogP contribution in [0, 0.1) is 0 Å². The Morgan fingerprint density at radius 1 is 0.938 bits per heavy atom. The summed E-state index contributed by atoms with van der Waals surface area (Å²) < 4.78 is 5.32. The zero-order chi connectivity index (χ0) is 22.8. The van der Waals surface area contributed by atoms with Crippen molar-refractivity contribution in [3.63, 3.8) is 0 Å². The standard InChI is InChI=1S/C27H29NO3S/c1-2-31-25(27(29)30)19-21-15-13-20(14-16-21)17-18-24(22-9-5-3-6-10-22)26(32)28-23-11-7-4-8-12-23/h3-16,24-25H,2,17-19H2,1H3,(H,28,32)(H,29,30)/t24-,25-/m0/s1. The van der Waals surface area contributed by atoms with Gasteiger partial charge in [-0.3, -0.25) is 0 Å². The van der Waals surface area contributed by atoms with Gasteiger partial charge in [0.2, 0.25) is 0 Å². The molecule has 0 aliphatic rings. The molecular formula is C27H29NO3S. The van der Waals surface area contributed by atoms with Crippen LogP contribution in [-0.4, -0.2) is 28.8 Å². The quantitative estimate of drug-likeness (QED) is 0.360. The van der Waals surface area contributed by atoms with E-state index in [9.17, 15) is 9.90 Å². The molecule has 2 atom stereocenters. The summed E-state index contributed by atoms with van der Waals surface area (Å²) in [6.45, 7) is 2.19. The predicted octanol–water partition coefficient (Wildman–Crippen LogP) is 5.87. The number of para-hydroxylation sites is 1. The number of rotatable bonds is 11. The Hall–Kier alpha value is -3.02. The molecule has 32 heavy (non-hydrogen) atoms. The molecule has 0 aliphatic heterocycles. The number of thiocarbonyl (C=S) groups is 1. The summed E-state index contributed by atoms with van der Waals surface area (Å²) in [4.78, 5) is 12.1. The van der Waals surface area contributed by atoms with Gasteiger partial charge in [-0.15, -0.1) is 0 Å². The van der Waals surface area contributed by atoms with Crippen LogP contribution in [0.15, 0.2) is 84.9 Å². The molecule has 166 valence electrons. The Morgan fingerprint density at radius 2 is 1.53 bits per heavy atom. The van der Waals surface area contributed by atoms with Gasteiger partial charge in [-0.05, 0) is 48.6 Å². The van der Waals surface area contributed by atoms with Crippen molar-refractivity contribution < 1.29 is 14.6 Å². The topological polar surface area (TPSA) is 58.6 Å². The lowest BCUT2D eigenvalue weighted by molar-refractivity contribution is -0.149. The van der Waals surface area contributed by atoms with Crippen LogP contribution in [0.2, 0.25) is 0 Å². The summed E-state index contributed by atoms with van der Waals surface area (Å²) in [5, 5.41) is 12.7. The highest BCUT2D eigenvalue weighted by molar-refractivity contribution is 7.80. The number of carbonyl (C=O) groups is 1. The number of aryl methyl sites for hydroxylation is 1. The fraction of sp³-hybridized carbons (Fsp3) is 0.259. The smallest absolute Gasteiger partial charge is 0.333 e. The van der Waals surface area contributed by atoms with Gasteiger partial charge in [0, 0.05) is 24.6 Å². The summed E-state index contributed by atoms with van der Waals surface area (Å²) in [6.07, 6.45) is 1.29. The van der Waals surface area contributed by atoms with Crippen molar-refractivity contribution in [2.45, 2.75) is 38.2 Å². The monoisotopic (exact) mass is 447 g/mol. The van der Waals surface area contributed by atoms with E-state index in [1.54, 1.807) is 6.92 Å². The summed E-state index contributed by atoms with van der Waals surface area (Å²) >= 11 is 5.79. The van der Waals surface area contributed by atoms with Crippen molar-refractivity contribution in [2.75, 3.05) is 11.9 Å². The molecule has 5 heteroatoms. The Bertz CT molecular complexity index is 990. The van der Waals surface area contributed by atoms with E-state index < -0.39 is 12.1 Å².